The molecule has 0 unspecified atom stereocenters. The van der Waals surface area contributed by atoms with Crippen LogP contribution in [0.25, 0.3) is 0 Å². The number of hydrogen-bond donors (Lipinski definition) is 0. The van der Waals surface area contributed by atoms with Crippen LogP contribution in [-0.4, -0.2) is 76.0 Å². The van der Waals surface area contributed by atoms with Gasteiger partial charge in [-0.15, -0.1) is 0 Å². The van der Waals surface area contributed by atoms with Gasteiger partial charge in [0.25, 0.3) is 23.1 Å². The van der Waals surface area contributed by atoms with E-state index in [-0.39, 0.29) is 0 Å². The lowest BCUT2D eigenvalue weighted by atomic mass is 9.67. The molecule has 0 N–H and O–H groups in total. The van der Waals surface area contributed by atoms with Gasteiger partial charge in [-0.3, -0.25) is 0 Å². The van der Waals surface area contributed by atoms with Crippen molar-refractivity contribution in [2.45, 2.75) is 78.5 Å². The van der Waals surface area contributed by atoms with Crippen LogP contribution in [0, 0.1) is 0 Å². The Morgan fingerprint density at radius 1 is 0.286 bits per heavy atom. The minimum atomic E-state index is -1.55. The largest absolute Gasteiger partial charge is 0.341 e. The summed E-state index contributed by atoms with van der Waals surface area (Å²) in [6, 6.07) is 0. The lowest BCUT2D eigenvalue weighted by Gasteiger charge is -2.72. The van der Waals surface area contributed by atoms with Gasteiger partial charge in [0.1, 0.15) is 0 Å². The van der Waals surface area contributed by atoms with Crippen LogP contribution >= 0.6 is 0 Å². The Hall–Kier alpha value is -0.320. The zero-order valence-electron chi connectivity index (χ0n) is 18.9. The zero-order chi connectivity index (χ0) is 21.3. The maximum absolute atomic E-state index is 6.21. The molecule has 1 rings (SSSR count). The third kappa shape index (κ3) is 3.41. The van der Waals surface area contributed by atoms with Crippen LogP contribution in [-0.2, 0) is 37.9 Å². The molecule has 1 saturated carbocycles. The van der Waals surface area contributed by atoms with Gasteiger partial charge in [0.05, 0.1) is 0 Å². The Balaban J connectivity index is 3.89. The monoisotopic (exact) mass is 408 g/mol. The van der Waals surface area contributed by atoms with Crippen LogP contribution in [0.2, 0.25) is 0 Å². The SMILES string of the molecule is CCOC1(OCC)C(OCC)(OCC)C(OCC)(OCC)C1(OCC)OCC. The van der Waals surface area contributed by atoms with Gasteiger partial charge >= 0.3 is 0 Å². The first-order valence-electron chi connectivity index (χ1n) is 10.6. The molecule has 0 atom stereocenters. The van der Waals surface area contributed by atoms with E-state index in [4.69, 9.17) is 37.9 Å². The van der Waals surface area contributed by atoms with E-state index in [2.05, 4.69) is 0 Å². The van der Waals surface area contributed by atoms with Gasteiger partial charge in [-0.25, -0.2) is 0 Å². The van der Waals surface area contributed by atoms with Crippen molar-refractivity contribution in [3.8, 4) is 0 Å². The highest BCUT2D eigenvalue weighted by atomic mass is 16.9. The molecule has 8 nitrogen and oxygen atoms in total. The first kappa shape index (κ1) is 25.7. The summed E-state index contributed by atoms with van der Waals surface area (Å²) in [7, 11) is 0. The topological polar surface area (TPSA) is 73.8 Å². The highest BCUT2D eigenvalue weighted by Crippen LogP contribution is 2.67. The number of hydrogen-bond acceptors (Lipinski definition) is 8. The van der Waals surface area contributed by atoms with Crippen molar-refractivity contribution in [2.24, 2.45) is 0 Å². The fraction of sp³-hybridized carbons (Fsp3) is 1.00. The molecule has 0 amide bonds. The van der Waals surface area contributed by atoms with Crippen LogP contribution in [0.15, 0.2) is 0 Å². The minimum Gasteiger partial charge on any atom is -0.341 e. The smallest absolute Gasteiger partial charge is 0.292 e. The summed E-state index contributed by atoms with van der Waals surface area (Å²) >= 11 is 0. The molecule has 0 aliphatic heterocycles. The second kappa shape index (κ2) is 11.2. The van der Waals surface area contributed by atoms with Crippen LogP contribution in [0.4, 0.5) is 0 Å². The van der Waals surface area contributed by atoms with Gasteiger partial charge in [0.15, 0.2) is 0 Å². The van der Waals surface area contributed by atoms with E-state index in [1.807, 2.05) is 55.4 Å². The second-order valence-corrected chi connectivity index (χ2v) is 5.93. The van der Waals surface area contributed by atoms with E-state index in [1.54, 1.807) is 0 Å². The van der Waals surface area contributed by atoms with Crippen molar-refractivity contribution in [3.05, 3.63) is 0 Å². The number of rotatable bonds is 16. The molecule has 0 heterocycles. The molecular weight excluding hydrogens is 368 g/mol. The fourth-order valence-corrected chi connectivity index (χ4v) is 4.12. The van der Waals surface area contributed by atoms with Crippen molar-refractivity contribution in [3.63, 3.8) is 0 Å². The maximum Gasteiger partial charge on any atom is 0.292 e. The van der Waals surface area contributed by atoms with Gasteiger partial charge in [-0.1, -0.05) is 0 Å². The Kier molecular flexibility index (Phi) is 10.3. The van der Waals surface area contributed by atoms with Crippen LogP contribution in [0.5, 0.6) is 0 Å². The van der Waals surface area contributed by atoms with Crippen LogP contribution in [0.1, 0.15) is 55.4 Å². The molecule has 1 aliphatic rings. The van der Waals surface area contributed by atoms with E-state index < -0.39 is 23.1 Å². The lowest BCUT2D eigenvalue weighted by Crippen LogP contribution is -3.00. The molecule has 168 valence electrons. The van der Waals surface area contributed by atoms with Gasteiger partial charge in [-0.2, -0.15) is 0 Å². The third-order valence-electron chi connectivity index (χ3n) is 4.51. The summed E-state index contributed by atoms with van der Waals surface area (Å²) < 4.78 is 49.7. The van der Waals surface area contributed by atoms with Crippen LogP contribution in [0.3, 0.4) is 0 Å². The molecule has 0 bridgehead atoms. The zero-order valence-corrected chi connectivity index (χ0v) is 18.9. The fourth-order valence-electron chi connectivity index (χ4n) is 4.12. The maximum atomic E-state index is 6.21. The van der Waals surface area contributed by atoms with Gasteiger partial charge in [0.2, 0.25) is 0 Å². The van der Waals surface area contributed by atoms with E-state index >= 15 is 0 Å². The van der Waals surface area contributed by atoms with Gasteiger partial charge in [-0.05, 0) is 55.4 Å². The van der Waals surface area contributed by atoms with Crippen molar-refractivity contribution >= 4 is 0 Å². The Labute approximate surface area is 170 Å². The molecule has 0 spiro atoms. The lowest BCUT2D eigenvalue weighted by molar-refractivity contribution is -0.666. The average Bonchev–Trinajstić information content (AvgIpc) is 2.66. The summed E-state index contributed by atoms with van der Waals surface area (Å²) in [6.45, 7) is 17.5. The molecule has 8 heteroatoms. The second-order valence-electron chi connectivity index (χ2n) is 5.93. The van der Waals surface area contributed by atoms with E-state index in [0.29, 0.717) is 52.9 Å². The van der Waals surface area contributed by atoms with Crippen molar-refractivity contribution in [2.75, 3.05) is 52.9 Å². The first-order valence-corrected chi connectivity index (χ1v) is 10.6. The summed E-state index contributed by atoms with van der Waals surface area (Å²) in [5, 5.41) is 0. The normalized spacial score (nSPS) is 21.4. The predicted octanol–water partition coefficient (Wildman–Crippen LogP) is 3.08. The molecule has 0 saturated heterocycles. The summed E-state index contributed by atoms with van der Waals surface area (Å²) in [6.07, 6.45) is 0. The third-order valence-corrected chi connectivity index (χ3v) is 4.51. The molecule has 28 heavy (non-hydrogen) atoms. The van der Waals surface area contributed by atoms with E-state index in [0.717, 1.165) is 0 Å². The first-order chi connectivity index (χ1) is 13.5. The molecule has 0 aromatic carbocycles. The highest BCUT2D eigenvalue weighted by Gasteiger charge is 2.98. The number of ether oxygens (including phenoxy) is 8. The Morgan fingerprint density at radius 2 is 0.393 bits per heavy atom. The summed E-state index contributed by atoms with van der Waals surface area (Å²) in [4.78, 5) is 0. The van der Waals surface area contributed by atoms with E-state index in [9.17, 15) is 0 Å². The quantitative estimate of drug-likeness (QED) is 0.361. The Bertz CT molecular complexity index is 322. The minimum absolute atomic E-state index is 0.318. The summed E-state index contributed by atoms with van der Waals surface area (Å²) in [5.41, 5.74) is 0. The van der Waals surface area contributed by atoms with E-state index in [1.165, 1.54) is 0 Å². The molecule has 0 aromatic heterocycles. The average molecular weight is 409 g/mol. The van der Waals surface area contributed by atoms with Gasteiger partial charge < -0.3 is 37.9 Å². The van der Waals surface area contributed by atoms with Crippen LogP contribution < -0.4 is 0 Å². The highest BCUT2D eigenvalue weighted by molar-refractivity contribution is 5.28. The van der Waals surface area contributed by atoms with Crippen molar-refractivity contribution in [1.29, 1.82) is 0 Å². The summed E-state index contributed by atoms with van der Waals surface area (Å²) in [5.74, 6) is -6.20. The molecule has 1 fully saturated rings. The molecule has 0 radical (unpaired) electrons. The van der Waals surface area contributed by atoms with Crippen molar-refractivity contribution in [1.82, 2.24) is 0 Å². The molecule has 0 aromatic rings. The van der Waals surface area contributed by atoms with Gasteiger partial charge in [0, 0.05) is 52.9 Å². The van der Waals surface area contributed by atoms with Crippen molar-refractivity contribution < 1.29 is 37.9 Å². The Morgan fingerprint density at radius 3 is 0.464 bits per heavy atom. The molecule has 1 aliphatic carbocycles. The standard InChI is InChI=1S/C20H40O8/c1-9-21-17(22-10-2)18(23-11-3,24-12-4)20(27-15-7,28-16-8)19(17,25-13-5)26-14-6/h9-16H2,1-8H3. The molecular formula is C20H40O8. The predicted molar refractivity (Wildman–Crippen MR) is 104 cm³/mol.